The summed E-state index contributed by atoms with van der Waals surface area (Å²) in [4.78, 5) is 13.4. The molecule has 1 N–H and O–H groups in total. The van der Waals surface area contributed by atoms with Gasteiger partial charge < -0.3 is 10.0 Å². The minimum atomic E-state index is -0.748. The molecule has 1 aliphatic heterocycles. The zero-order chi connectivity index (χ0) is 13.2. The molecule has 1 saturated carbocycles. The van der Waals surface area contributed by atoms with Gasteiger partial charge in [0.2, 0.25) is 0 Å². The second kappa shape index (κ2) is 5.24. The van der Waals surface area contributed by atoms with Gasteiger partial charge in [-0.2, -0.15) is 0 Å². The zero-order valence-electron chi connectivity index (χ0n) is 11.3. The second-order valence-corrected chi connectivity index (χ2v) is 5.77. The first-order valence-corrected chi connectivity index (χ1v) is 7.34. The lowest BCUT2D eigenvalue weighted by atomic mass is 9.94. The fraction of sp³-hybridized carbons (Fsp3) is 0.562. The molecule has 0 saturated heterocycles. The van der Waals surface area contributed by atoms with E-state index in [1.165, 1.54) is 43.4 Å². The van der Waals surface area contributed by atoms with Crippen molar-refractivity contribution in [1.82, 2.24) is 0 Å². The Hall–Kier alpha value is -1.51. The Balaban J connectivity index is 1.83. The number of carbonyl (C=O) groups is 1. The number of carboxylic acid groups (broad SMARTS) is 1. The molecule has 0 unspecified atom stereocenters. The fourth-order valence-electron chi connectivity index (χ4n) is 3.51. The predicted molar refractivity (Wildman–Crippen MR) is 75.7 cm³/mol. The highest BCUT2D eigenvalue weighted by Gasteiger charge is 2.27. The molecule has 102 valence electrons. The smallest absolute Gasteiger partial charge is 0.307 e. The van der Waals surface area contributed by atoms with E-state index in [9.17, 15) is 4.79 Å². The lowest BCUT2D eigenvalue weighted by Gasteiger charge is -2.33. The highest BCUT2D eigenvalue weighted by atomic mass is 16.4. The molecular formula is C16H21NO2. The van der Waals surface area contributed by atoms with Crippen LogP contribution in [0.25, 0.3) is 0 Å². The molecule has 1 heterocycles. The Morgan fingerprint density at radius 3 is 2.79 bits per heavy atom. The second-order valence-electron chi connectivity index (χ2n) is 5.77. The maximum atomic E-state index is 10.8. The van der Waals surface area contributed by atoms with E-state index in [1.54, 1.807) is 0 Å². The minimum Gasteiger partial charge on any atom is -0.481 e. The number of hydrogen-bond donors (Lipinski definition) is 1. The number of nitrogens with zero attached hydrogens (tertiary/aromatic N) is 1. The van der Waals surface area contributed by atoms with Crippen LogP contribution in [0.4, 0.5) is 5.69 Å². The van der Waals surface area contributed by atoms with Crippen LogP contribution < -0.4 is 4.90 Å². The van der Waals surface area contributed by atoms with Crippen LogP contribution in [-0.4, -0.2) is 23.7 Å². The van der Waals surface area contributed by atoms with Crippen molar-refractivity contribution >= 4 is 11.7 Å². The lowest BCUT2D eigenvalue weighted by molar-refractivity contribution is -0.136. The van der Waals surface area contributed by atoms with Gasteiger partial charge in [0, 0.05) is 18.3 Å². The normalized spacial score (nSPS) is 19.5. The van der Waals surface area contributed by atoms with Gasteiger partial charge in [0.1, 0.15) is 0 Å². The largest absolute Gasteiger partial charge is 0.481 e. The predicted octanol–water partition coefficient (Wildman–Crippen LogP) is 3.01. The molecule has 0 bridgehead atoms. The molecule has 19 heavy (non-hydrogen) atoms. The zero-order valence-corrected chi connectivity index (χ0v) is 11.3. The van der Waals surface area contributed by atoms with Crippen molar-refractivity contribution < 1.29 is 9.90 Å². The number of rotatable bonds is 3. The van der Waals surface area contributed by atoms with Crippen molar-refractivity contribution in [3.63, 3.8) is 0 Å². The highest BCUT2D eigenvalue weighted by Crippen LogP contribution is 2.35. The van der Waals surface area contributed by atoms with Crippen LogP contribution in [0.5, 0.6) is 0 Å². The molecule has 3 nitrogen and oxygen atoms in total. The van der Waals surface area contributed by atoms with E-state index in [0.717, 1.165) is 18.5 Å². The fourth-order valence-corrected chi connectivity index (χ4v) is 3.51. The van der Waals surface area contributed by atoms with Crippen LogP contribution in [0.15, 0.2) is 18.2 Å². The number of benzene rings is 1. The number of fused-ring (bicyclic) bond motifs is 1. The molecular weight excluding hydrogens is 238 g/mol. The first kappa shape index (κ1) is 12.5. The first-order chi connectivity index (χ1) is 9.24. The molecule has 0 aromatic heterocycles. The van der Waals surface area contributed by atoms with Crippen LogP contribution in [0.2, 0.25) is 0 Å². The van der Waals surface area contributed by atoms with Crippen LogP contribution in [0, 0.1) is 0 Å². The molecule has 0 radical (unpaired) electrons. The minimum absolute atomic E-state index is 0.131. The summed E-state index contributed by atoms with van der Waals surface area (Å²) in [6.45, 7) is 1.11. The van der Waals surface area contributed by atoms with Gasteiger partial charge in [-0.15, -0.1) is 0 Å². The summed E-state index contributed by atoms with van der Waals surface area (Å²) < 4.78 is 0. The molecule has 0 atom stereocenters. The van der Waals surface area contributed by atoms with Crippen molar-refractivity contribution in [3.8, 4) is 0 Å². The van der Waals surface area contributed by atoms with E-state index in [0.29, 0.717) is 6.04 Å². The molecule has 1 fully saturated rings. The maximum Gasteiger partial charge on any atom is 0.307 e. The Bertz CT molecular complexity index is 478. The van der Waals surface area contributed by atoms with Crippen molar-refractivity contribution in [1.29, 1.82) is 0 Å². The van der Waals surface area contributed by atoms with Crippen LogP contribution in [-0.2, 0) is 17.6 Å². The van der Waals surface area contributed by atoms with E-state index in [-0.39, 0.29) is 6.42 Å². The summed E-state index contributed by atoms with van der Waals surface area (Å²) in [5.74, 6) is -0.748. The summed E-state index contributed by atoms with van der Waals surface area (Å²) in [6, 6.07) is 6.87. The van der Waals surface area contributed by atoms with E-state index in [2.05, 4.69) is 17.0 Å². The molecule has 1 aromatic rings. The summed E-state index contributed by atoms with van der Waals surface area (Å²) >= 11 is 0. The molecule has 0 amide bonds. The Labute approximate surface area is 114 Å². The van der Waals surface area contributed by atoms with Gasteiger partial charge in [-0.1, -0.05) is 31.4 Å². The van der Waals surface area contributed by atoms with Gasteiger partial charge in [-0.3, -0.25) is 4.79 Å². The lowest BCUT2D eigenvalue weighted by Crippen LogP contribution is -2.35. The van der Waals surface area contributed by atoms with Gasteiger partial charge in [0.05, 0.1) is 6.42 Å². The van der Waals surface area contributed by atoms with Crippen LogP contribution in [0.3, 0.4) is 0 Å². The molecule has 2 aliphatic rings. The average molecular weight is 259 g/mol. The molecule has 1 aliphatic carbocycles. The summed E-state index contributed by atoms with van der Waals surface area (Å²) in [5.41, 5.74) is 3.61. The number of hydrogen-bond acceptors (Lipinski definition) is 2. The van der Waals surface area contributed by atoms with Gasteiger partial charge in [0.25, 0.3) is 0 Å². The van der Waals surface area contributed by atoms with Gasteiger partial charge in [-0.25, -0.2) is 0 Å². The summed E-state index contributed by atoms with van der Waals surface area (Å²) in [7, 11) is 0. The van der Waals surface area contributed by atoms with Gasteiger partial charge in [0.15, 0.2) is 0 Å². The van der Waals surface area contributed by atoms with Gasteiger partial charge >= 0.3 is 5.97 Å². The average Bonchev–Trinajstić information content (AvgIpc) is 2.82. The molecule has 3 heteroatoms. The number of carboxylic acids is 1. The molecule has 3 rings (SSSR count). The first-order valence-electron chi connectivity index (χ1n) is 7.34. The topological polar surface area (TPSA) is 40.5 Å². The standard InChI is InChI=1S/C16H21NO2/c18-16(19)11-12-6-7-13-8-9-17(15(13)10-12)14-4-2-1-3-5-14/h6-7,10,14H,1-5,8-9,11H2,(H,18,19). The van der Waals surface area contributed by atoms with E-state index in [1.807, 2.05) is 6.07 Å². The SMILES string of the molecule is O=C(O)Cc1ccc2c(c1)N(C1CCCCC1)CC2. The monoisotopic (exact) mass is 259 g/mol. The highest BCUT2D eigenvalue weighted by molar-refractivity contribution is 5.72. The third kappa shape index (κ3) is 2.60. The van der Waals surface area contributed by atoms with Crippen molar-refractivity contribution in [2.24, 2.45) is 0 Å². The van der Waals surface area contributed by atoms with Gasteiger partial charge in [-0.05, 0) is 36.5 Å². The van der Waals surface area contributed by atoms with Crippen molar-refractivity contribution in [3.05, 3.63) is 29.3 Å². The van der Waals surface area contributed by atoms with E-state index >= 15 is 0 Å². The van der Waals surface area contributed by atoms with Crippen molar-refractivity contribution in [2.45, 2.75) is 51.0 Å². The third-order valence-electron chi connectivity index (χ3n) is 4.45. The van der Waals surface area contributed by atoms with Crippen LogP contribution >= 0.6 is 0 Å². The number of aliphatic carboxylic acids is 1. The molecule has 0 spiro atoms. The van der Waals surface area contributed by atoms with E-state index < -0.39 is 5.97 Å². The van der Waals surface area contributed by atoms with Crippen molar-refractivity contribution in [2.75, 3.05) is 11.4 Å². The van der Waals surface area contributed by atoms with E-state index in [4.69, 9.17) is 5.11 Å². The summed E-state index contributed by atoms with van der Waals surface area (Å²) in [5, 5.41) is 8.92. The Kier molecular flexibility index (Phi) is 3.45. The maximum absolute atomic E-state index is 10.8. The third-order valence-corrected chi connectivity index (χ3v) is 4.45. The Morgan fingerprint density at radius 1 is 1.26 bits per heavy atom. The summed E-state index contributed by atoms with van der Waals surface area (Å²) in [6.07, 6.45) is 7.88. The molecule has 1 aromatic carbocycles. The Morgan fingerprint density at radius 2 is 2.05 bits per heavy atom. The quantitative estimate of drug-likeness (QED) is 0.907. The number of anilines is 1. The van der Waals surface area contributed by atoms with Crippen LogP contribution in [0.1, 0.15) is 43.2 Å².